The average molecular weight is 237 g/mol. The molecule has 1 heterocycles. The van der Waals surface area contributed by atoms with Crippen molar-refractivity contribution >= 4 is 11.9 Å². The van der Waals surface area contributed by atoms with E-state index in [0.29, 0.717) is 25.9 Å². The van der Waals surface area contributed by atoms with Crippen LogP contribution in [0, 0.1) is 12.3 Å². The molecule has 0 aliphatic heterocycles. The highest BCUT2D eigenvalue weighted by Gasteiger charge is 2.56. The zero-order valence-electron chi connectivity index (χ0n) is 9.64. The number of rotatable bonds is 5. The largest absolute Gasteiger partial charge is 0.480 e. The van der Waals surface area contributed by atoms with Crippen LogP contribution in [0.25, 0.3) is 0 Å². The van der Waals surface area contributed by atoms with Crippen LogP contribution in [0.2, 0.25) is 0 Å². The van der Waals surface area contributed by atoms with E-state index in [1.54, 1.807) is 10.9 Å². The molecule has 6 nitrogen and oxygen atoms in total. The lowest BCUT2D eigenvalue weighted by molar-refractivity contribution is -0.149. The molecule has 1 aliphatic carbocycles. The van der Waals surface area contributed by atoms with E-state index >= 15 is 0 Å². The maximum absolute atomic E-state index is 11.6. The van der Waals surface area contributed by atoms with E-state index in [1.807, 2.05) is 13.1 Å². The van der Waals surface area contributed by atoms with Crippen LogP contribution >= 0.6 is 0 Å². The Kier molecular flexibility index (Phi) is 2.87. The van der Waals surface area contributed by atoms with Gasteiger partial charge in [-0.15, -0.1) is 0 Å². The molecule has 2 N–H and O–H groups in total. The molecule has 0 unspecified atom stereocenters. The van der Waals surface area contributed by atoms with Gasteiger partial charge in [-0.3, -0.25) is 14.3 Å². The summed E-state index contributed by atoms with van der Waals surface area (Å²) in [4.78, 5) is 22.5. The van der Waals surface area contributed by atoms with Crippen LogP contribution in [0.4, 0.5) is 0 Å². The van der Waals surface area contributed by atoms with Crippen LogP contribution in [0.3, 0.4) is 0 Å². The predicted octanol–water partition coefficient (Wildman–Crippen LogP) is 0.173. The normalized spacial score (nSPS) is 16.5. The van der Waals surface area contributed by atoms with Crippen LogP contribution in [0.5, 0.6) is 0 Å². The van der Waals surface area contributed by atoms with Gasteiger partial charge in [-0.2, -0.15) is 5.10 Å². The van der Waals surface area contributed by atoms with E-state index in [4.69, 9.17) is 5.11 Å². The van der Waals surface area contributed by atoms with Gasteiger partial charge in [0.25, 0.3) is 0 Å². The number of hydrogen-bond donors (Lipinski definition) is 2. The monoisotopic (exact) mass is 237 g/mol. The van der Waals surface area contributed by atoms with Gasteiger partial charge < -0.3 is 10.4 Å². The van der Waals surface area contributed by atoms with Crippen molar-refractivity contribution in [2.24, 2.45) is 5.41 Å². The summed E-state index contributed by atoms with van der Waals surface area (Å²) in [6, 6.07) is 0. The Labute approximate surface area is 98.6 Å². The molecule has 2 rings (SSSR count). The Morgan fingerprint density at radius 3 is 2.76 bits per heavy atom. The number of nitrogens with zero attached hydrogens (tertiary/aromatic N) is 2. The standard InChI is InChI=1S/C11H15N3O3/c1-8-6-13-14(7-8)5-4-12-9(15)11(2-3-11)10(16)17/h6-7H,2-5H2,1H3,(H,12,15)(H,16,17). The fourth-order valence-electron chi connectivity index (χ4n) is 1.71. The van der Waals surface area contributed by atoms with Gasteiger partial charge in [0, 0.05) is 12.7 Å². The van der Waals surface area contributed by atoms with Gasteiger partial charge >= 0.3 is 5.97 Å². The summed E-state index contributed by atoms with van der Waals surface area (Å²) in [5.41, 5.74) is -0.0967. The van der Waals surface area contributed by atoms with Gasteiger partial charge in [-0.05, 0) is 25.3 Å². The van der Waals surface area contributed by atoms with E-state index in [1.165, 1.54) is 0 Å². The zero-order valence-corrected chi connectivity index (χ0v) is 9.64. The molecular formula is C11H15N3O3. The van der Waals surface area contributed by atoms with Gasteiger partial charge in [0.2, 0.25) is 5.91 Å². The smallest absolute Gasteiger partial charge is 0.319 e. The Morgan fingerprint density at radius 2 is 2.29 bits per heavy atom. The first-order chi connectivity index (χ1) is 8.04. The van der Waals surface area contributed by atoms with Crippen molar-refractivity contribution in [2.45, 2.75) is 26.3 Å². The maximum Gasteiger partial charge on any atom is 0.319 e. The zero-order chi connectivity index (χ0) is 12.5. The molecule has 0 bridgehead atoms. The number of carboxylic acids is 1. The number of hydrogen-bond acceptors (Lipinski definition) is 3. The number of aromatic nitrogens is 2. The fourth-order valence-corrected chi connectivity index (χ4v) is 1.71. The van der Waals surface area contributed by atoms with Gasteiger partial charge in [-0.25, -0.2) is 0 Å². The molecule has 1 aromatic heterocycles. The Bertz CT molecular complexity index is 449. The van der Waals surface area contributed by atoms with Gasteiger partial charge in [0.15, 0.2) is 0 Å². The summed E-state index contributed by atoms with van der Waals surface area (Å²) in [6.07, 6.45) is 4.49. The van der Waals surface area contributed by atoms with E-state index in [9.17, 15) is 9.59 Å². The molecule has 0 atom stereocenters. The van der Waals surface area contributed by atoms with Crippen LogP contribution in [0.15, 0.2) is 12.4 Å². The van der Waals surface area contributed by atoms with Gasteiger partial charge in [-0.1, -0.05) is 0 Å². The lowest BCUT2D eigenvalue weighted by Crippen LogP contribution is -2.38. The van der Waals surface area contributed by atoms with Crippen molar-refractivity contribution in [3.8, 4) is 0 Å². The number of carbonyl (C=O) groups excluding carboxylic acids is 1. The first-order valence-corrected chi connectivity index (χ1v) is 5.55. The van der Waals surface area contributed by atoms with Crippen molar-refractivity contribution < 1.29 is 14.7 Å². The Morgan fingerprint density at radius 1 is 1.59 bits per heavy atom. The number of aliphatic carboxylic acids is 1. The summed E-state index contributed by atoms with van der Waals surface area (Å²) in [5, 5.41) is 15.6. The average Bonchev–Trinajstić information content (AvgIpc) is 2.99. The molecule has 6 heteroatoms. The SMILES string of the molecule is Cc1cnn(CCNC(=O)C2(C(=O)O)CC2)c1. The van der Waals surface area contributed by atoms with Crippen LogP contribution < -0.4 is 5.32 Å². The predicted molar refractivity (Wildman–Crippen MR) is 59.3 cm³/mol. The maximum atomic E-state index is 11.6. The first-order valence-electron chi connectivity index (χ1n) is 5.55. The molecule has 1 saturated carbocycles. The number of nitrogens with one attached hydrogen (secondary N) is 1. The van der Waals surface area contributed by atoms with Crippen LogP contribution in [-0.4, -0.2) is 33.3 Å². The van der Waals surface area contributed by atoms with Gasteiger partial charge in [0.05, 0.1) is 12.7 Å². The van der Waals surface area contributed by atoms with E-state index in [0.717, 1.165) is 5.56 Å². The number of carboxylic acid groups (broad SMARTS) is 1. The minimum Gasteiger partial charge on any atom is -0.480 e. The van der Waals surface area contributed by atoms with E-state index < -0.39 is 11.4 Å². The van der Waals surface area contributed by atoms with Crippen molar-refractivity contribution in [1.82, 2.24) is 15.1 Å². The summed E-state index contributed by atoms with van der Waals surface area (Å²) in [7, 11) is 0. The second-order valence-corrected chi connectivity index (χ2v) is 4.42. The second kappa shape index (κ2) is 4.20. The quantitative estimate of drug-likeness (QED) is 0.715. The van der Waals surface area contributed by atoms with Crippen molar-refractivity contribution in [2.75, 3.05) is 6.54 Å². The molecule has 0 saturated heterocycles. The summed E-state index contributed by atoms with van der Waals surface area (Å²) in [6.45, 7) is 2.88. The van der Waals surface area contributed by atoms with Gasteiger partial charge in [0.1, 0.15) is 5.41 Å². The molecule has 0 radical (unpaired) electrons. The number of aryl methyl sites for hydroxylation is 1. The van der Waals surface area contributed by atoms with Crippen molar-refractivity contribution in [3.63, 3.8) is 0 Å². The first kappa shape index (κ1) is 11.6. The van der Waals surface area contributed by atoms with Crippen LogP contribution in [-0.2, 0) is 16.1 Å². The summed E-state index contributed by atoms with van der Waals surface area (Å²) < 4.78 is 1.72. The molecule has 1 amide bonds. The molecule has 0 aromatic carbocycles. The lowest BCUT2D eigenvalue weighted by Gasteiger charge is -2.10. The molecule has 1 aromatic rings. The highest BCUT2D eigenvalue weighted by molar-refractivity contribution is 6.04. The molecule has 1 fully saturated rings. The Balaban J connectivity index is 1.79. The second-order valence-electron chi connectivity index (χ2n) is 4.42. The molecule has 92 valence electrons. The van der Waals surface area contributed by atoms with E-state index in [2.05, 4.69) is 10.4 Å². The van der Waals surface area contributed by atoms with Crippen molar-refractivity contribution in [1.29, 1.82) is 0 Å². The number of carbonyl (C=O) groups is 2. The van der Waals surface area contributed by atoms with Crippen LogP contribution in [0.1, 0.15) is 18.4 Å². The molecule has 17 heavy (non-hydrogen) atoms. The Hall–Kier alpha value is -1.85. The lowest BCUT2D eigenvalue weighted by atomic mass is 10.1. The van der Waals surface area contributed by atoms with E-state index in [-0.39, 0.29) is 5.91 Å². The fraction of sp³-hybridized carbons (Fsp3) is 0.545. The molecule has 0 spiro atoms. The minimum atomic E-state index is -1.15. The van der Waals surface area contributed by atoms with Crippen molar-refractivity contribution in [3.05, 3.63) is 18.0 Å². The third-order valence-electron chi connectivity index (χ3n) is 2.98. The topological polar surface area (TPSA) is 84.2 Å². The third kappa shape index (κ3) is 2.30. The minimum absolute atomic E-state index is 0.381. The summed E-state index contributed by atoms with van der Waals surface area (Å²) in [5.74, 6) is -1.40. The third-order valence-corrected chi connectivity index (χ3v) is 2.98. The molecular weight excluding hydrogens is 222 g/mol. The highest BCUT2D eigenvalue weighted by atomic mass is 16.4. The summed E-state index contributed by atoms with van der Waals surface area (Å²) >= 11 is 0. The molecule has 1 aliphatic rings. The highest BCUT2D eigenvalue weighted by Crippen LogP contribution is 2.45. The number of amides is 1.